The summed E-state index contributed by atoms with van der Waals surface area (Å²) < 4.78 is 1.65. The molecule has 19 heavy (non-hydrogen) atoms. The van der Waals surface area contributed by atoms with Gasteiger partial charge in [-0.15, -0.1) is 0 Å². The van der Waals surface area contributed by atoms with Crippen LogP contribution in [0.25, 0.3) is 5.69 Å². The van der Waals surface area contributed by atoms with Crippen molar-refractivity contribution in [2.24, 2.45) is 0 Å². The van der Waals surface area contributed by atoms with Gasteiger partial charge >= 0.3 is 0 Å². The zero-order valence-electron chi connectivity index (χ0n) is 10.6. The largest absolute Gasteiger partial charge is 0.397 e. The van der Waals surface area contributed by atoms with Crippen LogP contribution in [0.4, 0.5) is 5.69 Å². The molecule has 1 saturated heterocycles. The molecule has 1 aliphatic heterocycles. The molecule has 1 amide bonds. The Bertz CT molecular complexity index is 599. The summed E-state index contributed by atoms with van der Waals surface area (Å²) in [6.07, 6.45) is 3.94. The van der Waals surface area contributed by atoms with Crippen molar-refractivity contribution in [3.63, 3.8) is 0 Å². The summed E-state index contributed by atoms with van der Waals surface area (Å²) >= 11 is 0. The topological polar surface area (TPSA) is 64.2 Å². The van der Waals surface area contributed by atoms with Gasteiger partial charge in [-0.3, -0.25) is 4.79 Å². The number of para-hydroxylation sites is 2. The van der Waals surface area contributed by atoms with Crippen LogP contribution >= 0.6 is 0 Å². The van der Waals surface area contributed by atoms with Crippen molar-refractivity contribution in [3.8, 4) is 5.69 Å². The second-order valence-electron chi connectivity index (χ2n) is 4.70. The van der Waals surface area contributed by atoms with Gasteiger partial charge in [-0.2, -0.15) is 5.10 Å². The second-order valence-corrected chi connectivity index (χ2v) is 4.70. The van der Waals surface area contributed by atoms with Crippen LogP contribution in [0.3, 0.4) is 0 Å². The molecule has 1 aromatic carbocycles. The number of benzene rings is 1. The first-order valence-corrected chi connectivity index (χ1v) is 6.45. The van der Waals surface area contributed by atoms with Gasteiger partial charge in [0, 0.05) is 19.3 Å². The summed E-state index contributed by atoms with van der Waals surface area (Å²) in [5.74, 6) is 0.00533. The molecule has 5 nitrogen and oxygen atoms in total. The predicted octanol–water partition coefficient (Wildman–Crippen LogP) is 1.69. The quantitative estimate of drug-likeness (QED) is 0.832. The van der Waals surface area contributed by atoms with Crippen LogP contribution in [-0.4, -0.2) is 33.7 Å². The molecule has 1 aliphatic rings. The van der Waals surface area contributed by atoms with E-state index in [-0.39, 0.29) is 5.91 Å². The molecule has 2 aromatic rings. The summed E-state index contributed by atoms with van der Waals surface area (Å²) in [6.45, 7) is 1.67. The van der Waals surface area contributed by atoms with E-state index in [1.54, 1.807) is 16.9 Å². The van der Waals surface area contributed by atoms with E-state index in [2.05, 4.69) is 5.10 Å². The van der Waals surface area contributed by atoms with E-state index in [1.165, 1.54) is 0 Å². The summed E-state index contributed by atoms with van der Waals surface area (Å²) in [6, 6.07) is 9.21. The zero-order chi connectivity index (χ0) is 13.2. The number of hydrogen-bond acceptors (Lipinski definition) is 3. The minimum atomic E-state index is 0.00533. The van der Waals surface area contributed by atoms with E-state index in [0.29, 0.717) is 11.4 Å². The monoisotopic (exact) mass is 256 g/mol. The third-order valence-electron chi connectivity index (χ3n) is 3.39. The number of nitrogen functional groups attached to an aromatic ring is 1. The number of carbonyl (C=O) groups excluding carboxylic acids is 1. The number of anilines is 1. The fourth-order valence-corrected chi connectivity index (χ4v) is 2.35. The molecule has 5 heteroatoms. The Balaban J connectivity index is 1.87. The van der Waals surface area contributed by atoms with Crippen molar-refractivity contribution in [3.05, 3.63) is 42.2 Å². The maximum atomic E-state index is 12.2. The lowest BCUT2D eigenvalue weighted by atomic mass is 10.3. The number of hydrogen-bond donors (Lipinski definition) is 1. The van der Waals surface area contributed by atoms with Gasteiger partial charge in [0.05, 0.1) is 11.4 Å². The predicted molar refractivity (Wildman–Crippen MR) is 73.1 cm³/mol. The van der Waals surface area contributed by atoms with E-state index in [4.69, 9.17) is 5.73 Å². The lowest BCUT2D eigenvalue weighted by Crippen LogP contribution is -2.28. The molecule has 0 atom stereocenters. The van der Waals surface area contributed by atoms with Crippen molar-refractivity contribution in [1.29, 1.82) is 0 Å². The van der Waals surface area contributed by atoms with Crippen molar-refractivity contribution in [1.82, 2.24) is 14.7 Å². The highest BCUT2D eigenvalue weighted by atomic mass is 16.2. The average Bonchev–Trinajstić information content (AvgIpc) is 3.10. The van der Waals surface area contributed by atoms with E-state index >= 15 is 0 Å². The van der Waals surface area contributed by atoms with Crippen molar-refractivity contribution < 1.29 is 4.79 Å². The van der Waals surface area contributed by atoms with Crippen LogP contribution < -0.4 is 5.73 Å². The molecular weight excluding hydrogens is 240 g/mol. The Hall–Kier alpha value is -2.30. The molecule has 0 spiro atoms. The molecule has 0 saturated carbocycles. The van der Waals surface area contributed by atoms with Gasteiger partial charge in [-0.1, -0.05) is 12.1 Å². The van der Waals surface area contributed by atoms with Gasteiger partial charge in [0.15, 0.2) is 5.69 Å². The Morgan fingerprint density at radius 3 is 2.63 bits per heavy atom. The van der Waals surface area contributed by atoms with Crippen LogP contribution in [0.2, 0.25) is 0 Å². The number of carbonyl (C=O) groups is 1. The SMILES string of the molecule is Nc1ccccc1-n1ccc(C(=O)N2CCCC2)n1. The molecule has 0 radical (unpaired) electrons. The number of nitrogens with zero attached hydrogens (tertiary/aromatic N) is 3. The Labute approximate surface area is 111 Å². The minimum absolute atomic E-state index is 0.00533. The highest BCUT2D eigenvalue weighted by Gasteiger charge is 2.21. The molecule has 98 valence electrons. The Morgan fingerprint density at radius 1 is 1.16 bits per heavy atom. The number of aromatic nitrogens is 2. The molecule has 0 aliphatic carbocycles. The zero-order valence-corrected chi connectivity index (χ0v) is 10.6. The first kappa shape index (κ1) is 11.8. The van der Waals surface area contributed by atoms with Crippen LogP contribution in [0.15, 0.2) is 36.5 Å². The van der Waals surface area contributed by atoms with Gasteiger partial charge in [-0.25, -0.2) is 4.68 Å². The van der Waals surface area contributed by atoms with Gasteiger partial charge in [-0.05, 0) is 31.0 Å². The van der Waals surface area contributed by atoms with Gasteiger partial charge in [0.2, 0.25) is 0 Å². The second kappa shape index (κ2) is 4.76. The molecule has 0 unspecified atom stereocenters. The highest BCUT2D eigenvalue weighted by molar-refractivity contribution is 5.92. The summed E-state index contributed by atoms with van der Waals surface area (Å²) in [7, 11) is 0. The molecule has 2 N–H and O–H groups in total. The molecule has 0 bridgehead atoms. The maximum absolute atomic E-state index is 12.2. The van der Waals surface area contributed by atoms with Crippen LogP contribution in [-0.2, 0) is 0 Å². The number of nitrogens with two attached hydrogens (primary N) is 1. The Kier molecular flexibility index (Phi) is 2.95. The molecule has 2 heterocycles. The standard InChI is InChI=1S/C14H16N4O/c15-11-5-1-2-6-13(11)18-10-7-12(16-18)14(19)17-8-3-4-9-17/h1-2,5-7,10H,3-4,8-9,15H2. The smallest absolute Gasteiger partial charge is 0.274 e. The van der Waals surface area contributed by atoms with Crippen molar-refractivity contribution in [2.75, 3.05) is 18.8 Å². The molecule has 1 aromatic heterocycles. The van der Waals surface area contributed by atoms with E-state index in [9.17, 15) is 4.79 Å². The Morgan fingerprint density at radius 2 is 1.89 bits per heavy atom. The molecular formula is C14H16N4O. The average molecular weight is 256 g/mol. The number of likely N-dealkylation sites (tertiary alicyclic amines) is 1. The normalized spacial score (nSPS) is 14.8. The minimum Gasteiger partial charge on any atom is -0.397 e. The van der Waals surface area contributed by atoms with Crippen molar-refractivity contribution >= 4 is 11.6 Å². The van der Waals surface area contributed by atoms with Gasteiger partial charge < -0.3 is 10.6 Å². The van der Waals surface area contributed by atoms with Crippen molar-refractivity contribution in [2.45, 2.75) is 12.8 Å². The van der Waals surface area contributed by atoms with Crippen LogP contribution in [0.5, 0.6) is 0 Å². The number of rotatable bonds is 2. The molecule has 3 rings (SSSR count). The van der Waals surface area contributed by atoms with Crippen LogP contribution in [0.1, 0.15) is 23.3 Å². The summed E-state index contributed by atoms with van der Waals surface area (Å²) in [4.78, 5) is 14.0. The van der Waals surface area contributed by atoms with E-state index in [0.717, 1.165) is 31.6 Å². The third kappa shape index (κ3) is 2.19. The first-order chi connectivity index (χ1) is 9.25. The maximum Gasteiger partial charge on any atom is 0.274 e. The van der Waals surface area contributed by atoms with E-state index < -0.39 is 0 Å². The first-order valence-electron chi connectivity index (χ1n) is 6.45. The highest BCUT2D eigenvalue weighted by Crippen LogP contribution is 2.17. The fraction of sp³-hybridized carbons (Fsp3) is 0.286. The van der Waals surface area contributed by atoms with Crippen LogP contribution in [0, 0.1) is 0 Å². The van der Waals surface area contributed by atoms with E-state index in [1.807, 2.05) is 29.2 Å². The summed E-state index contributed by atoms with van der Waals surface area (Å²) in [5, 5.41) is 4.33. The third-order valence-corrected chi connectivity index (χ3v) is 3.39. The van der Waals surface area contributed by atoms with Gasteiger partial charge in [0.25, 0.3) is 5.91 Å². The van der Waals surface area contributed by atoms with Gasteiger partial charge in [0.1, 0.15) is 0 Å². The number of amides is 1. The lowest BCUT2D eigenvalue weighted by molar-refractivity contribution is 0.0786. The lowest BCUT2D eigenvalue weighted by Gasteiger charge is -2.12. The summed E-state index contributed by atoms with van der Waals surface area (Å²) in [5.41, 5.74) is 7.82. The fourth-order valence-electron chi connectivity index (χ4n) is 2.35. The molecule has 1 fully saturated rings.